The summed E-state index contributed by atoms with van der Waals surface area (Å²) < 4.78 is 1.72. The maximum atomic E-state index is 12.8. The van der Waals surface area contributed by atoms with Crippen LogP contribution in [-0.4, -0.2) is 15.6 Å². The van der Waals surface area contributed by atoms with Gasteiger partial charge in [-0.1, -0.05) is 31.2 Å². The van der Waals surface area contributed by atoms with Gasteiger partial charge in [0.25, 0.3) is 5.56 Å². The van der Waals surface area contributed by atoms with E-state index in [2.05, 4.69) is 24.0 Å². The van der Waals surface area contributed by atoms with Crippen molar-refractivity contribution in [2.24, 2.45) is 5.73 Å². The summed E-state index contributed by atoms with van der Waals surface area (Å²) in [5.41, 5.74) is 10.00. The van der Waals surface area contributed by atoms with Crippen LogP contribution >= 0.6 is 0 Å². The predicted molar refractivity (Wildman–Crippen MR) is 90.2 cm³/mol. The Hall–Kier alpha value is -1.94. The molecule has 0 aliphatic heterocycles. The van der Waals surface area contributed by atoms with Gasteiger partial charge < -0.3 is 5.73 Å². The van der Waals surface area contributed by atoms with Crippen molar-refractivity contribution < 1.29 is 0 Å². The highest BCUT2D eigenvalue weighted by Crippen LogP contribution is 2.13. The zero-order valence-corrected chi connectivity index (χ0v) is 13.9. The molecule has 1 atom stereocenters. The first-order valence-electron chi connectivity index (χ1n) is 7.81. The third-order valence-electron chi connectivity index (χ3n) is 4.23. The van der Waals surface area contributed by atoms with E-state index in [4.69, 9.17) is 5.73 Å². The number of rotatable bonds is 5. The van der Waals surface area contributed by atoms with Gasteiger partial charge in [-0.15, -0.1) is 0 Å². The van der Waals surface area contributed by atoms with Crippen molar-refractivity contribution in [3.8, 4) is 0 Å². The van der Waals surface area contributed by atoms with Crippen LogP contribution in [0.2, 0.25) is 0 Å². The van der Waals surface area contributed by atoms with E-state index in [9.17, 15) is 4.79 Å². The van der Waals surface area contributed by atoms with E-state index < -0.39 is 0 Å². The third-order valence-corrected chi connectivity index (χ3v) is 4.23. The van der Waals surface area contributed by atoms with Gasteiger partial charge in [-0.2, -0.15) is 0 Å². The van der Waals surface area contributed by atoms with Gasteiger partial charge in [-0.05, 0) is 38.3 Å². The van der Waals surface area contributed by atoms with E-state index in [1.54, 1.807) is 4.57 Å². The molecule has 0 spiro atoms. The number of aryl methyl sites for hydroxylation is 3. The maximum absolute atomic E-state index is 12.8. The molecule has 0 fully saturated rings. The molecule has 0 aliphatic carbocycles. The highest BCUT2D eigenvalue weighted by Gasteiger charge is 2.14. The first kappa shape index (κ1) is 16.4. The molecular formula is C18H25N3O. The normalized spacial score (nSPS) is 12.4. The molecule has 22 heavy (non-hydrogen) atoms. The van der Waals surface area contributed by atoms with Gasteiger partial charge in [-0.25, -0.2) is 4.98 Å². The Kier molecular flexibility index (Phi) is 5.14. The molecule has 2 rings (SSSR count). The van der Waals surface area contributed by atoms with Crippen LogP contribution < -0.4 is 11.3 Å². The van der Waals surface area contributed by atoms with Crippen LogP contribution in [0.15, 0.2) is 29.1 Å². The minimum atomic E-state index is -0.0211. The molecule has 1 unspecified atom stereocenters. The van der Waals surface area contributed by atoms with Crippen LogP contribution in [0, 0.1) is 20.8 Å². The lowest BCUT2D eigenvalue weighted by Crippen LogP contribution is -2.35. The molecule has 4 nitrogen and oxygen atoms in total. The number of nitrogens with zero attached hydrogens (tertiary/aromatic N) is 2. The molecule has 2 aromatic rings. The lowest BCUT2D eigenvalue weighted by molar-refractivity contribution is 0.507. The van der Waals surface area contributed by atoms with E-state index in [1.165, 1.54) is 11.1 Å². The van der Waals surface area contributed by atoms with Crippen LogP contribution in [0.5, 0.6) is 0 Å². The van der Waals surface area contributed by atoms with Crippen molar-refractivity contribution in [2.45, 2.75) is 53.1 Å². The molecule has 4 heteroatoms. The fourth-order valence-electron chi connectivity index (χ4n) is 2.62. The second-order valence-electron chi connectivity index (χ2n) is 5.91. The summed E-state index contributed by atoms with van der Waals surface area (Å²) in [4.78, 5) is 17.4. The van der Waals surface area contributed by atoms with Crippen LogP contribution in [0.1, 0.15) is 41.6 Å². The first-order valence-corrected chi connectivity index (χ1v) is 7.81. The molecule has 0 saturated heterocycles. The van der Waals surface area contributed by atoms with Crippen LogP contribution in [-0.2, 0) is 13.0 Å². The van der Waals surface area contributed by atoms with Crippen molar-refractivity contribution in [1.82, 2.24) is 9.55 Å². The summed E-state index contributed by atoms with van der Waals surface area (Å²) in [6, 6.07) is 8.13. The van der Waals surface area contributed by atoms with E-state index in [0.29, 0.717) is 13.0 Å². The van der Waals surface area contributed by atoms with Gasteiger partial charge in [0.2, 0.25) is 0 Å². The zero-order valence-electron chi connectivity index (χ0n) is 13.9. The van der Waals surface area contributed by atoms with Gasteiger partial charge in [0.05, 0.1) is 0 Å². The number of hydrogen-bond acceptors (Lipinski definition) is 3. The Morgan fingerprint density at radius 2 is 1.91 bits per heavy atom. The standard InChI is InChI=1S/C18H25N3O/c1-5-16(19)11-21-14(4)20-13(3)17(18(21)22)10-15-9-7-6-8-12(15)2/h6-9,16H,5,10-11,19H2,1-4H3. The molecular weight excluding hydrogens is 274 g/mol. The zero-order chi connectivity index (χ0) is 16.3. The number of hydrogen-bond donors (Lipinski definition) is 1. The van der Waals surface area contributed by atoms with E-state index in [-0.39, 0.29) is 11.6 Å². The summed E-state index contributed by atoms with van der Waals surface area (Å²) in [6.07, 6.45) is 1.46. The van der Waals surface area contributed by atoms with Crippen molar-refractivity contribution in [3.63, 3.8) is 0 Å². The van der Waals surface area contributed by atoms with Crippen LogP contribution in [0.25, 0.3) is 0 Å². The highest BCUT2D eigenvalue weighted by atomic mass is 16.1. The minimum Gasteiger partial charge on any atom is -0.326 e. The van der Waals surface area contributed by atoms with Crippen molar-refractivity contribution in [1.29, 1.82) is 0 Å². The van der Waals surface area contributed by atoms with Crippen LogP contribution in [0.3, 0.4) is 0 Å². The summed E-state index contributed by atoms with van der Waals surface area (Å²) >= 11 is 0. The maximum Gasteiger partial charge on any atom is 0.257 e. The molecule has 0 radical (unpaired) electrons. The highest BCUT2D eigenvalue weighted by molar-refractivity contribution is 5.32. The average Bonchev–Trinajstić information content (AvgIpc) is 2.49. The first-order chi connectivity index (χ1) is 10.4. The number of nitrogens with two attached hydrogens (primary N) is 1. The molecule has 1 aromatic carbocycles. The molecule has 1 heterocycles. The second kappa shape index (κ2) is 6.88. The van der Waals surface area contributed by atoms with Gasteiger partial charge >= 0.3 is 0 Å². The molecule has 0 bridgehead atoms. The fourth-order valence-corrected chi connectivity index (χ4v) is 2.62. The van der Waals surface area contributed by atoms with Gasteiger partial charge in [0.15, 0.2) is 0 Å². The molecule has 118 valence electrons. The molecule has 0 aliphatic rings. The largest absolute Gasteiger partial charge is 0.326 e. The monoisotopic (exact) mass is 299 g/mol. The second-order valence-corrected chi connectivity index (χ2v) is 5.91. The number of benzene rings is 1. The smallest absolute Gasteiger partial charge is 0.257 e. The van der Waals surface area contributed by atoms with Gasteiger partial charge in [0.1, 0.15) is 5.82 Å². The topological polar surface area (TPSA) is 60.9 Å². The molecule has 1 aromatic heterocycles. The summed E-state index contributed by atoms with van der Waals surface area (Å²) in [7, 11) is 0. The minimum absolute atomic E-state index is 0.0211. The van der Waals surface area contributed by atoms with Crippen LogP contribution in [0.4, 0.5) is 0 Å². The fraction of sp³-hybridized carbons (Fsp3) is 0.444. The SMILES string of the molecule is CCC(N)Cn1c(C)nc(C)c(Cc2ccccc2C)c1=O. The Morgan fingerprint density at radius 1 is 1.23 bits per heavy atom. The Morgan fingerprint density at radius 3 is 2.55 bits per heavy atom. The Bertz CT molecular complexity index is 719. The van der Waals surface area contributed by atoms with Gasteiger partial charge in [0, 0.05) is 30.3 Å². The Labute approximate surface area is 132 Å². The molecule has 2 N–H and O–H groups in total. The summed E-state index contributed by atoms with van der Waals surface area (Å²) in [6.45, 7) is 8.40. The average molecular weight is 299 g/mol. The quantitative estimate of drug-likeness (QED) is 0.922. The van der Waals surface area contributed by atoms with Crippen molar-refractivity contribution in [2.75, 3.05) is 0 Å². The summed E-state index contributed by atoms with van der Waals surface area (Å²) in [5.74, 6) is 0.736. The third kappa shape index (κ3) is 3.45. The molecule has 0 saturated carbocycles. The number of aromatic nitrogens is 2. The van der Waals surface area contributed by atoms with E-state index in [0.717, 1.165) is 23.5 Å². The van der Waals surface area contributed by atoms with E-state index in [1.807, 2.05) is 32.9 Å². The lowest BCUT2D eigenvalue weighted by Gasteiger charge is -2.17. The Balaban J connectivity index is 2.46. The molecule has 0 amide bonds. The van der Waals surface area contributed by atoms with Crippen molar-refractivity contribution >= 4 is 0 Å². The lowest BCUT2D eigenvalue weighted by atomic mass is 10.0. The summed E-state index contributed by atoms with van der Waals surface area (Å²) in [5, 5.41) is 0. The van der Waals surface area contributed by atoms with Gasteiger partial charge in [-0.3, -0.25) is 9.36 Å². The predicted octanol–water partition coefficient (Wildman–Crippen LogP) is 2.50. The van der Waals surface area contributed by atoms with E-state index >= 15 is 0 Å². The van der Waals surface area contributed by atoms with Crippen molar-refractivity contribution in [3.05, 3.63) is 62.8 Å².